The minimum absolute atomic E-state index is 0.0120. The lowest BCUT2D eigenvalue weighted by Crippen LogP contribution is -2.07. The van der Waals surface area contributed by atoms with E-state index in [9.17, 15) is 4.79 Å². The Morgan fingerprint density at radius 3 is 3.00 bits per heavy atom. The van der Waals surface area contributed by atoms with Crippen LogP contribution in [0.4, 0.5) is 5.69 Å². The molecule has 2 aromatic rings. The molecule has 2 N–H and O–H groups in total. The largest absolute Gasteiger partial charge is 0.476 e. The summed E-state index contributed by atoms with van der Waals surface area (Å²) in [6.07, 6.45) is 2.96. The van der Waals surface area contributed by atoms with E-state index in [2.05, 4.69) is 15.5 Å². The van der Waals surface area contributed by atoms with Gasteiger partial charge in [0.2, 0.25) is 0 Å². The minimum atomic E-state index is -1.07. The molecular weight excluding hydrogens is 210 g/mol. The summed E-state index contributed by atoms with van der Waals surface area (Å²) in [6.45, 7) is 0.367. The number of nitrogens with zero attached hydrogens (tertiary/aromatic N) is 2. The molecule has 0 spiro atoms. The number of hydrogen-bond acceptors (Lipinski definition) is 5. The van der Waals surface area contributed by atoms with Crippen LogP contribution >= 0.6 is 0 Å². The average molecular weight is 219 g/mol. The summed E-state index contributed by atoms with van der Waals surface area (Å²) in [4.78, 5) is 14.6. The molecule has 0 unspecified atom stereocenters. The first-order valence-corrected chi connectivity index (χ1v) is 4.59. The first-order valence-electron chi connectivity index (χ1n) is 4.59. The quantitative estimate of drug-likeness (QED) is 0.807. The molecule has 0 saturated heterocycles. The van der Waals surface area contributed by atoms with Gasteiger partial charge in [-0.1, -0.05) is 5.16 Å². The second kappa shape index (κ2) is 4.43. The molecule has 6 nitrogen and oxygen atoms in total. The van der Waals surface area contributed by atoms with E-state index in [0.29, 0.717) is 18.0 Å². The lowest BCUT2D eigenvalue weighted by atomic mass is 10.3. The van der Waals surface area contributed by atoms with Gasteiger partial charge in [-0.25, -0.2) is 9.78 Å². The van der Waals surface area contributed by atoms with E-state index in [1.807, 2.05) is 0 Å². The molecule has 0 aliphatic carbocycles. The van der Waals surface area contributed by atoms with Crippen LogP contribution in [0.25, 0.3) is 0 Å². The van der Waals surface area contributed by atoms with Gasteiger partial charge in [0.15, 0.2) is 11.5 Å². The van der Waals surface area contributed by atoms with Crippen LogP contribution < -0.4 is 5.32 Å². The smallest absolute Gasteiger partial charge is 0.356 e. The molecule has 82 valence electrons. The summed E-state index contributed by atoms with van der Waals surface area (Å²) in [5, 5.41) is 15.3. The number of aromatic carboxylic acids is 1. The lowest BCUT2D eigenvalue weighted by molar-refractivity contribution is 0.0691. The van der Waals surface area contributed by atoms with Gasteiger partial charge in [-0.05, 0) is 12.1 Å². The maximum absolute atomic E-state index is 10.8. The van der Waals surface area contributed by atoms with Crippen molar-refractivity contribution < 1.29 is 14.4 Å². The molecule has 0 aliphatic heterocycles. The van der Waals surface area contributed by atoms with Crippen LogP contribution in [0.2, 0.25) is 0 Å². The van der Waals surface area contributed by atoms with E-state index >= 15 is 0 Å². The van der Waals surface area contributed by atoms with Gasteiger partial charge in [0.05, 0.1) is 18.4 Å². The van der Waals surface area contributed by atoms with E-state index in [1.165, 1.54) is 12.4 Å². The molecule has 2 aromatic heterocycles. The molecular formula is C10H9N3O3. The molecule has 0 fully saturated rings. The van der Waals surface area contributed by atoms with Gasteiger partial charge in [0, 0.05) is 12.3 Å². The van der Waals surface area contributed by atoms with E-state index in [4.69, 9.17) is 9.63 Å². The SMILES string of the molecule is O=C(O)c1ncccc1NCc1ccno1. The van der Waals surface area contributed by atoms with E-state index < -0.39 is 5.97 Å². The Hall–Kier alpha value is -2.37. The Bertz CT molecular complexity index is 482. The zero-order valence-corrected chi connectivity index (χ0v) is 8.25. The highest BCUT2D eigenvalue weighted by Gasteiger charge is 2.10. The maximum Gasteiger partial charge on any atom is 0.356 e. The molecule has 2 rings (SSSR count). The van der Waals surface area contributed by atoms with Crippen LogP contribution in [-0.2, 0) is 6.54 Å². The summed E-state index contributed by atoms with van der Waals surface area (Å²) in [6, 6.07) is 5.01. The Labute approximate surface area is 90.9 Å². The second-order valence-electron chi connectivity index (χ2n) is 3.04. The molecule has 0 saturated carbocycles. The molecule has 0 amide bonds. The van der Waals surface area contributed by atoms with E-state index in [0.717, 1.165) is 0 Å². The number of carboxylic acid groups (broad SMARTS) is 1. The number of carboxylic acids is 1. The molecule has 0 aromatic carbocycles. The van der Waals surface area contributed by atoms with Crippen LogP contribution in [0.5, 0.6) is 0 Å². The van der Waals surface area contributed by atoms with Gasteiger partial charge in [0.25, 0.3) is 0 Å². The first kappa shape index (κ1) is 10.2. The summed E-state index contributed by atoms with van der Waals surface area (Å²) >= 11 is 0. The normalized spacial score (nSPS) is 10.0. The number of nitrogens with one attached hydrogen (secondary N) is 1. The van der Waals surface area contributed by atoms with Crippen molar-refractivity contribution in [3.05, 3.63) is 42.0 Å². The Kier molecular flexibility index (Phi) is 2.81. The Morgan fingerprint density at radius 1 is 1.44 bits per heavy atom. The van der Waals surface area contributed by atoms with Crippen molar-refractivity contribution in [2.24, 2.45) is 0 Å². The van der Waals surface area contributed by atoms with Crippen molar-refractivity contribution in [1.29, 1.82) is 0 Å². The zero-order chi connectivity index (χ0) is 11.4. The van der Waals surface area contributed by atoms with Crippen molar-refractivity contribution in [3.8, 4) is 0 Å². The van der Waals surface area contributed by atoms with Crippen molar-refractivity contribution in [1.82, 2.24) is 10.1 Å². The predicted octanol–water partition coefficient (Wildman–Crippen LogP) is 1.38. The van der Waals surface area contributed by atoms with Gasteiger partial charge in [-0.15, -0.1) is 0 Å². The third-order valence-electron chi connectivity index (χ3n) is 1.95. The van der Waals surface area contributed by atoms with Gasteiger partial charge in [0.1, 0.15) is 0 Å². The highest BCUT2D eigenvalue weighted by Crippen LogP contribution is 2.13. The zero-order valence-electron chi connectivity index (χ0n) is 8.25. The monoisotopic (exact) mass is 219 g/mol. The fraction of sp³-hybridized carbons (Fsp3) is 0.100. The standard InChI is InChI=1S/C10H9N3O3/c14-10(15)9-8(2-1-4-11-9)12-6-7-3-5-13-16-7/h1-5,12H,6H2,(H,14,15). The van der Waals surface area contributed by atoms with Gasteiger partial charge in [-0.3, -0.25) is 0 Å². The second-order valence-corrected chi connectivity index (χ2v) is 3.04. The number of carbonyl (C=O) groups is 1. The summed E-state index contributed by atoms with van der Waals surface area (Å²) in [5.74, 6) is -0.444. The number of hydrogen-bond donors (Lipinski definition) is 2. The molecule has 0 bridgehead atoms. The Balaban J connectivity index is 2.12. The Morgan fingerprint density at radius 2 is 2.31 bits per heavy atom. The van der Waals surface area contributed by atoms with Gasteiger partial charge >= 0.3 is 5.97 Å². The van der Waals surface area contributed by atoms with Crippen molar-refractivity contribution in [3.63, 3.8) is 0 Å². The molecule has 2 heterocycles. The van der Waals surface area contributed by atoms with Crippen molar-refractivity contribution in [2.75, 3.05) is 5.32 Å². The third kappa shape index (κ3) is 2.17. The predicted molar refractivity (Wildman–Crippen MR) is 55.0 cm³/mol. The fourth-order valence-electron chi connectivity index (χ4n) is 1.23. The maximum atomic E-state index is 10.8. The molecule has 6 heteroatoms. The molecule has 0 radical (unpaired) electrons. The highest BCUT2D eigenvalue weighted by molar-refractivity contribution is 5.91. The van der Waals surface area contributed by atoms with Crippen molar-refractivity contribution in [2.45, 2.75) is 6.54 Å². The first-order chi connectivity index (χ1) is 7.77. The van der Waals surface area contributed by atoms with Crippen LogP contribution in [0.1, 0.15) is 16.2 Å². The summed E-state index contributed by atoms with van der Waals surface area (Å²) in [5.41, 5.74) is 0.438. The summed E-state index contributed by atoms with van der Waals surface area (Å²) < 4.78 is 4.88. The minimum Gasteiger partial charge on any atom is -0.476 e. The lowest BCUT2D eigenvalue weighted by Gasteiger charge is -2.05. The van der Waals surface area contributed by atoms with Gasteiger partial charge < -0.3 is 14.9 Å². The number of pyridine rings is 1. The van der Waals surface area contributed by atoms with Crippen LogP contribution in [0, 0.1) is 0 Å². The summed E-state index contributed by atoms with van der Waals surface area (Å²) in [7, 11) is 0. The van der Waals surface area contributed by atoms with E-state index in [1.54, 1.807) is 18.2 Å². The topological polar surface area (TPSA) is 88.2 Å². The van der Waals surface area contributed by atoms with Crippen LogP contribution in [0.3, 0.4) is 0 Å². The molecule has 0 atom stereocenters. The molecule has 16 heavy (non-hydrogen) atoms. The third-order valence-corrected chi connectivity index (χ3v) is 1.95. The highest BCUT2D eigenvalue weighted by atomic mass is 16.5. The number of rotatable bonds is 4. The molecule has 0 aliphatic rings. The van der Waals surface area contributed by atoms with Gasteiger partial charge in [-0.2, -0.15) is 0 Å². The van der Waals surface area contributed by atoms with E-state index in [-0.39, 0.29) is 5.69 Å². The fourth-order valence-corrected chi connectivity index (χ4v) is 1.23. The van der Waals surface area contributed by atoms with Crippen LogP contribution in [-0.4, -0.2) is 21.2 Å². The van der Waals surface area contributed by atoms with Crippen molar-refractivity contribution >= 4 is 11.7 Å². The average Bonchev–Trinajstić information content (AvgIpc) is 2.79. The number of anilines is 1. The van der Waals surface area contributed by atoms with Crippen LogP contribution in [0.15, 0.2) is 35.1 Å². The number of aromatic nitrogens is 2.